The lowest BCUT2D eigenvalue weighted by Gasteiger charge is -2.08. The lowest BCUT2D eigenvalue weighted by atomic mass is 10.1. The summed E-state index contributed by atoms with van der Waals surface area (Å²) >= 11 is 5.90. The molecule has 106 valence electrons. The first-order chi connectivity index (χ1) is 9.69. The van der Waals surface area contributed by atoms with Gasteiger partial charge in [0.15, 0.2) is 5.82 Å². The number of nitrogens with zero attached hydrogens (tertiary/aromatic N) is 2. The number of ether oxygens (including phenoxy) is 1. The molecule has 1 N–H and O–H groups in total. The van der Waals surface area contributed by atoms with E-state index in [0.717, 1.165) is 0 Å². The zero-order chi connectivity index (χ0) is 14.4. The van der Waals surface area contributed by atoms with E-state index in [9.17, 15) is 4.39 Å². The van der Waals surface area contributed by atoms with Gasteiger partial charge in [0.25, 0.3) is 0 Å². The van der Waals surface area contributed by atoms with Gasteiger partial charge in [-0.2, -0.15) is 0 Å². The molecule has 4 nitrogen and oxygen atoms in total. The Hall–Kier alpha value is -1.72. The minimum atomic E-state index is -0.199. The van der Waals surface area contributed by atoms with Crippen molar-refractivity contribution in [2.45, 2.75) is 13.0 Å². The van der Waals surface area contributed by atoms with Crippen LogP contribution in [0.15, 0.2) is 30.3 Å². The minimum absolute atomic E-state index is 0.199. The van der Waals surface area contributed by atoms with Gasteiger partial charge >= 0.3 is 0 Å². The standard InChI is InChI=1S/C14H15ClFN3O/c1-20-9-14-18-12(15)8-13(19-14)17-7-6-10-4-2-3-5-11(10)16/h2-5,8H,6-7,9H2,1H3,(H,17,18,19). The van der Waals surface area contributed by atoms with E-state index in [-0.39, 0.29) is 5.82 Å². The van der Waals surface area contributed by atoms with Crippen LogP contribution in [0.1, 0.15) is 11.4 Å². The van der Waals surface area contributed by atoms with Crippen LogP contribution in [0.5, 0.6) is 0 Å². The van der Waals surface area contributed by atoms with Crippen molar-refractivity contribution >= 4 is 17.4 Å². The van der Waals surface area contributed by atoms with Crippen molar-refractivity contribution in [1.82, 2.24) is 9.97 Å². The van der Waals surface area contributed by atoms with E-state index in [1.165, 1.54) is 6.07 Å². The van der Waals surface area contributed by atoms with E-state index >= 15 is 0 Å². The second kappa shape index (κ2) is 7.17. The number of nitrogens with one attached hydrogen (secondary N) is 1. The molecular weight excluding hydrogens is 281 g/mol. The molecule has 0 aliphatic carbocycles. The maximum Gasteiger partial charge on any atom is 0.158 e. The Morgan fingerprint density at radius 3 is 2.85 bits per heavy atom. The first-order valence-electron chi connectivity index (χ1n) is 6.18. The van der Waals surface area contributed by atoms with Gasteiger partial charge in [-0.3, -0.25) is 0 Å². The van der Waals surface area contributed by atoms with Crippen LogP contribution in [-0.4, -0.2) is 23.6 Å². The quantitative estimate of drug-likeness (QED) is 0.832. The zero-order valence-corrected chi connectivity index (χ0v) is 11.8. The van der Waals surface area contributed by atoms with Gasteiger partial charge < -0.3 is 10.1 Å². The topological polar surface area (TPSA) is 47.0 Å². The number of hydrogen-bond donors (Lipinski definition) is 1. The van der Waals surface area contributed by atoms with Crippen LogP contribution < -0.4 is 5.32 Å². The smallest absolute Gasteiger partial charge is 0.158 e. The second-order valence-electron chi connectivity index (χ2n) is 4.19. The largest absolute Gasteiger partial charge is 0.377 e. The Kier molecular flexibility index (Phi) is 5.26. The Morgan fingerprint density at radius 1 is 1.30 bits per heavy atom. The lowest BCUT2D eigenvalue weighted by molar-refractivity contribution is 0.178. The van der Waals surface area contributed by atoms with Gasteiger partial charge in [0.2, 0.25) is 0 Å². The molecule has 1 heterocycles. The van der Waals surface area contributed by atoms with E-state index in [1.807, 2.05) is 6.07 Å². The molecule has 0 fully saturated rings. The molecule has 6 heteroatoms. The molecule has 1 aromatic carbocycles. The molecule has 20 heavy (non-hydrogen) atoms. The highest BCUT2D eigenvalue weighted by Crippen LogP contribution is 2.13. The summed E-state index contributed by atoms with van der Waals surface area (Å²) in [6.45, 7) is 0.850. The maximum absolute atomic E-state index is 13.5. The van der Waals surface area contributed by atoms with E-state index < -0.39 is 0 Å². The normalized spacial score (nSPS) is 10.6. The number of rotatable bonds is 6. The van der Waals surface area contributed by atoms with Crippen LogP contribution >= 0.6 is 11.6 Å². The fourth-order valence-corrected chi connectivity index (χ4v) is 1.98. The number of anilines is 1. The molecule has 0 aliphatic rings. The predicted octanol–water partition coefficient (Wildman–Crippen LogP) is 3.07. The summed E-state index contributed by atoms with van der Waals surface area (Å²) in [7, 11) is 1.57. The molecule has 0 unspecified atom stereocenters. The van der Waals surface area contributed by atoms with Crippen molar-refractivity contribution in [3.05, 3.63) is 52.7 Å². The number of halogens is 2. The van der Waals surface area contributed by atoms with E-state index in [1.54, 1.807) is 25.3 Å². The lowest BCUT2D eigenvalue weighted by Crippen LogP contribution is -2.09. The molecule has 0 saturated heterocycles. The average molecular weight is 296 g/mol. The van der Waals surface area contributed by atoms with E-state index in [2.05, 4.69) is 15.3 Å². The third-order valence-corrected chi connectivity index (χ3v) is 2.87. The molecule has 2 rings (SSSR count). The van der Waals surface area contributed by atoms with Crippen LogP contribution in [0.4, 0.5) is 10.2 Å². The molecule has 0 bridgehead atoms. The third kappa shape index (κ3) is 4.15. The van der Waals surface area contributed by atoms with Gasteiger partial charge in [0.05, 0.1) is 0 Å². The van der Waals surface area contributed by atoms with Crippen molar-refractivity contribution in [2.75, 3.05) is 19.0 Å². The van der Waals surface area contributed by atoms with Gasteiger partial charge in [-0.1, -0.05) is 29.8 Å². The van der Waals surface area contributed by atoms with Crippen molar-refractivity contribution in [3.8, 4) is 0 Å². The average Bonchev–Trinajstić information content (AvgIpc) is 2.41. The SMILES string of the molecule is COCc1nc(Cl)cc(NCCc2ccccc2F)n1. The summed E-state index contributed by atoms with van der Waals surface area (Å²) in [5, 5.41) is 3.45. The van der Waals surface area contributed by atoms with Crippen LogP contribution in [0.2, 0.25) is 5.15 Å². The van der Waals surface area contributed by atoms with E-state index in [4.69, 9.17) is 16.3 Å². The zero-order valence-electron chi connectivity index (χ0n) is 11.1. The second-order valence-corrected chi connectivity index (χ2v) is 4.58. The highest BCUT2D eigenvalue weighted by molar-refractivity contribution is 6.29. The van der Waals surface area contributed by atoms with E-state index in [0.29, 0.717) is 41.9 Å². The Morgan fingerprint density at radius 2 is 2.10 bits per heavy atom. The van der Waals surface area contributed by atoms with Crippen LogP contribution in [0.25, 0.3) is 0 Å². The summed E-state index contributed by atoms with van der Waals surface area (Å²) in [5.74, 6) is 0.914. The molecule has 1 aromatic heterocycles. The highest BCUT2D eigenvalue weighted by atomic mass is 35.5. The van der Waals surface area contributed by atoms with Gasteiger partial charge in [0, 0.05) is 19.7 Å². The summed E-state index contributed by atoms with van der Waals surface area (Å²) in [6, 6.07) is 8.33. The van der Waals surface area contributed by atoms with Gasteiger partial charge in [0.1, 0.15) is 23.4 Å². The van der Waals surface area contributed by atoms with Crippen LogP contribution in [0.3, 0.4) is 0 Å². The number of benzene rings is 1. The number of aromatic nitrogens is 2. The first kappa shape index (κ1) is 14.7. The summed E-state index contributed by atoms with van der Waals surface area (Å²) in [5.41, 5.74) is 0.664. The molecule has 0 aliphatic heterocycles. The van der Waals surface area contributed by atoms with Crippen molar-refractivity contribution < 1.29 is 9.13 Å². The van der Waals surface area contributed by atoms with Crippen LogP contribution in [-0.2, 0) is 17.8 Å². The van der Waals surface area contributed by atoms with Gasteiger partial charge in [-0.15, -0.1) is 0 Å². The van der Waals surface area contributed by atoms with Crippen molar-refractivity contribution in [2.24, 2.45) is 0 Å². The molecule has 0 radical (unpaired) electrons. The summed E-state index contributed by atoms with van der Waals surface area (Å²) < 4.78 is 18.4. The predicted molar refractivity (Wildman–Crippen MR) is 76.3 cm³/mol. The fraction of sp³-hybridized carbons (Fsp3) is 0.286. The molecule has 2 aromatic rings. The molecule has 0 spiro atoms. The molecule has 0 atom stereocenters. The monoisotopic (exact) mass is 295 g/mol. The highest BCUT2D eigenvalue weighted by Gasteiger charge is 2.04. The molecular formula is C14H15ClFN3O. The number of methoxy groups -OCH3 is 1. The van der Waals surface area contributed by atoms with Crippen molar-refractivity contribution in [3.63, 3.8) is 0 Å². The van der Waals surface area contributed by atoms with Crippen LogP contribution in [0, 0.1) is 5.82 Å². The fourth-order valence-electron chi connectivity index (χ4n) is 1.78. The maximum atomic E-state index is 13.5. The Bertz CT molecular complexity index is 580. The Labute approximate surface area is 122 Å². The summed E-state index contributed by atoms with van der Waals surface area (Å²) in [6.07, 6.45) is 0.563. The Balaban J connectivity index is 1.95. The minimum Gasteiger partial charge on any atom is -0.377 e. The molecule has 0 saturated carbocycles. The van der Waals surface area contributed by atoms with Gasteiger partial charge in [-0.05, 0) is 18.1 Å². The van der Waals surface area contributed by atoms with Gasteiger partial charge in [-0.25, -0.2) is 14.4 Å². The first-order valence-corrected chi connectivity index (χ1v) is 6.56. The third-order valence-electron chi connectivity index (χ3n) is 2.67. The summed E-state index contributed by atoms with van der Waals surface area (Å²) in [4.78, 5) is 8.28. The number of hydrogen-bond acceptors (Lipinski definition) is 4. The van der Waals surface area contributed by atoms with Crippen molar-refractivity contribution in [1.29, 1.82) is 0 Å². The molecule has 0 amide bonds.